The van der Waals surface area contributed by atoms with E-state index in [0.29, 0.717) is 6.54 Å². The largest absolute Gasteiger partial charge is 0.303 e. The normalized spacial score (nSPS) is 19.4. The quantitative estimate of drug-likeness (QED) is 0.855. The Morgan fingerprint density at radius 1 is 1.27 bits per heavy atom. The number of guanidine groups is 1. The maximum atomic E-state index is 5.97. The lowest BCUT2D eigenvalue weighted by molar-refractivity contribution is 0.473. The summed E-state index contributed by atoms with van der Waals surface area (Å²) < 4.78 is 0. The minimum atomic E-state index is 0.708. The highest BCUT2D eigenvalue weighted by Crippen LogP contribution is 2.34. The average Bonchev–Trinajstić information content (AvgIpc) is 3.18. The predicted octanol–water partition coefficient (Wildman–Crippen LogP) is 2.80. The number of hydrogen-bond donors (Lipinski definition) is 0. The molecule has 0 N–H and O–H groups in total. The van der Waals surface area contributed by atoms with Crippen molar-refractivity contribution in [1.82, 2.24) is 9.80 Å². The number of aliphatic imine (C=N–C) groups is 3. The third kappa shape index (κ3) is 2.14. The van der Waals surface area contributed by atoms with Crippen molar-refractivity contribution in [2.24, 2.45) is 15.0 Å². The van der Waals surface area contributed by atoms with E-state index in [9.17, 15) is 0 Å². The number of fused-ring (bicyclic) bond motifs is 2. The second-order valence-electron chi connectivity index (χ2n) is 5.10. The molecule has 0 atom stereocenters. The first kappa shape index (κ1) is 13.8. The Labute approximate surface area is 138 Å². The van der Waals surface area contributed by atoms with Gasteiger partial charge in [-0.2, -0.15) is 0 Å². The summed E-state index contributed by atoms with van der Waals surface area (Å²) in [5.41, 5.74) is 2.11. The van der Waals surface area contributed by atoms with Gasteiger partial charge in [0.05, 0.1) is 13.1 Å². The Hall–Kier alpha value is -1.79. The van der Waals surface area contributed by atoms with Gasteiger partial charge >= 0.3 is 0 Å². The van der Waals surface area contributed by atoms with Gasteiger partial charge in [0.2, 0.25) is 5.96 Å². The van der Waals surface area contributed by atoms with Crippen molar-refractivity contribution < 1.29 is 0 Å². The van der Waals surface area contributed by atoms with E-state index in [1.165, 1.54) is 5.56 Å². The van der Waals surface area contributed by atoms with Crippen LogP contribution in [0.1, 0.15) is 5.56 Å². The van der Waals surface area contributed by atoms with E-state index in [1.807, 2.05) is 24.3 Å². The molecule has 0 saturated heterocycles. The summed E-state index contributed by atoms with van der Waals surface area (Å²) in [5.74, 6) is 1.85. The first-order chi connectivity index (χ1) is 10.8. The van der Waals surface area contributed by atoms with E-state index < -0.39 is 0 Å². The molecule has 5 nitrogen and oxygen atoms in total. The summed E-state index contributed by atoms with van der Waals surface area (Å²) >= 11 is 7.67. The Morgan fingerprint density at radius 3 is 2.86 bits per heavy atom. The van der Waals surface area contributed by atoms with Gasteiger partial charge in [-0.15, -0.1) is 11.8 Å². The van der Waals surface area contributed by atoms with E-state index in [4.69, 9.17) is 11.6 Å². The third-order valence-corrected chi connectivity index (χ3v) is 4.84. The lowest BCUT2D eigenvalue weighted by Gasteiger charge is -2.36. The van der Waals surface area contributed by atoms with Gasteiger partial charge in [0.15, 0.2) is 5.84 Å². The second kappa shape index (κ2) is 5.44. The lowest BCUT2D eigenvalue weighted by atomic mass is 10.2. The second-order valence-corrected chi connectivity index (χ2v) is 6.33. The van der Waals surface area contributed by atoms with Crippen molar-refractivity contribution >= 4 is 41.5 Å². The molecule has 0 amide bonds. The molecule has 0 saturated carbocycles. The first-order valence-electron chi connectivity index (χ1n) is 7.01. The highest BCUT2D eigenvalue weighted by atomic mass is 35.5. The van der Waals surface area contributed by atoms with Crippen LogP contribution >= 0.6 is 23.4 Å². The zero-order valence-electron chi connectivity index (χ0n) is 12.0. The van der Waals surface area contributed by atoms with Crippen LogP contribution in [-0.4, -0.2) is 47.3 Å². The van der Waals surface area contributed by atoms with Gasteiger partial charge in [-0.05, 0) is 24.0 Å². The Kier molecular flexibility index (Phi) is 3.43. The van der Waals surface area contributed by atoms with Gasteiger partial charge in [0.25, 0.3) is 0 Å². The smallest absolute Gasteiger partial charge is 0.207 e. The maximum Gasteiger partial charge on any atom is 0.207 e. The van der Waals surface area contributed by atoms with E-state index in [-0.39, 0.29) is 0 Å². The molecular weight excluding hydrogens is 318 g/mol. The Balaban J connectivity index is 1.73. The van der Waals surface area contributed by atoms with Crippen LogP contribution in [0.2, 0.25) is 5.02 Å². The number of halogens is 1. The molecular formula is C15H14ClN5S. The zero-order valence-corrected chi connectivity index (χ0v) is 13.6. The van der Waals surface area contributed by atoms with E-state index in [2.05, 4.69) is 31.0 Å². The van der Waals surface area contributed by atoms with Crippen molar-refractivity contribution in [2.75, 3.05) is 19.3 Å². The minimum absolute atomic E-state index is 0.708. The highest BCUT2D eigenvalue weighted by molar-refractivity contribution is 8.02. The lowest BCUT2D eigenvalue weighted by Crippen LogP contribution is -2.48. The summed E-state index contributed by atoms with van der Waals surface area (Å²) in [7, 11) is 0. The summed E-state index contributed by atoms with van der Waals surface area (Å²) in [6.07, 6.45) is 3.69. The summed E-state index contributed by atoms with van der Waals surface area (Å²) in [6.45, 7) is 2.41. The van der Waals surface area contributed by atoms with Gasteiger partial charge < -0.3 is 4.90 Å². The van der Waals surface area contributed by atoms with Crippen LogP contribution in [-0.2, 0) is 6.54 Å². The van der Waals surface area contributed by atoms with Crippen LogP contribution in [0.15, 0.2) is 50.0 Å². The first-order valence-corrected chi connectivity index (χ1v) is 8.61. The average molecular weight is 332 g/mol. The topological polar surface area (TPSA) is 43.6 Å². The van der Waals surface area contributed by atoms with Gasteiger partial charge in [-0.3, -0.25) is 9.89 Å². The highest BCUT2D eigenvalue weighted by Gasteiger charge is 2.38. The molecule has 1 aromatic carbocycles. The van der Waals surface area contributed by atoms with E-state index >= 15 is 0 Å². The molecule has 0 spiro atoms. The fourth-order valence-electron chi connectivity index (χ4n) is 2.81. The molecule has 4 rings (SSSR count). The molecule has 7 heteroatoms. The fraction of sp³-hybridized carbons (Fsp3) is 0.267. The summed E-state index contributed by atoms with van der Waals surface area (Å²) in [4.78, 5) is 17.9. The fourth-order valence-corrected chi connectivity index (χ4v) is 3.67. The zero-order chi connectivity index (χ0) is 15.1. The molecule has 0 bridgehead atoms. The van der Waals surface area contributed by atoms with E-state index in [1.54, 1.807) is 18.1 Å². The molecule has 3 aliphatic rings. The molecule has 112 valence electrons. The van der Waals surface area contributed by atoms with E-state index in [0.717, 1.165) is 40.6 Å². The summed E-state index contributed by atoms with van der Waals surface area (Å²) in [6, 6.07) is 7.89. The maximum absolute atomic E-state index is 5.97. The summed E-state index contributed by atoms with van der Waals surface area (Å²) in [5, 5.41) is 1.88. The molecule has 3 heterocycles. The monoisotopic (exact) mass is 331 g/mol. The number of nitrogens with zero attached hydrogens (tertiary/aromatic N) is 5. The Morgan fingerprint density at radius 2 is 2.09 bits per heavy atom. The number of hydrogen-bond acceptors (Lipinski definition) is 6. The number of amidine groups is 1. The number of rotatable bonds is 3. The molecule has 0 aromatic heterocycles. The van der Waals surface area contributed by atoms with Crippen molar-refractivity contribution in [2.45, 2.75) is 6.54 Å². The molecule has 0 unspecified atom stereocenters. The van der Waals surface area contributed by atoms with Crippen LogP contribution in [0.5, 0.6) is 0 Å². The van der Waals surface area contributed by atoms with Crippen LogP contribution in [0, 0.1) is 0 Å². The van der Waals surface area contributed by atoms with Crippen molar-refractivity contribution in [1.29, 1.82) is 0 Å². The molecule has 0 fully saturated rings. The van der Waals surface area contributed by atoms with Crippen LogP contribution < -0.4 is 0 Å². The van der Waals surface area contributed by atoms with Crippen molar-refractivity contribution in [3.63, 3.8) is 0 Å². The number of benzene rings is 1. The molecule has 1 aromatic rings. The van der Waals surface area contributed by atoms with Crippen LogP contribution in [0.3, 0.4) is 0 Å². The van der Waals surface area contributed by atoms with Gasteiger partial charge in [-0.1, -0.05) is 23.7 Å². The molecule has 0 aliphatic carbocycles. The van der Waals surface area contributed by atoms with Crippen molar-refractivity contribution in [3.05, 3.63) is 45.6 Å². The minimum Gasteiger partial charge on any atom is -0.303 e. The SMILES string of the molecule is CSC1=C2N=CN=C2N(Cc2ccc(Cl)cc2)C2=NCCN21. The number of thioether (sulfide) groups is 1. The Bertz CT molecular complexity index is 735. The van der Waals surface area contributed by atoms with Crippen LogP contribution in [0.25, 0.3) is 0 Å². The van der Waals surface area contributed by atoms with Crippen LogP contribution in [0.4, 0.5) is 0 Å². The molecule has 3 aliphatic heterocycles. The standard InChI is InChI=1S/C15H14ClN5S/c1-22-14-12-13(19-9-18-12)21(15-17-6-7-20(14)15)8-10-2-4-11(16)5-3-10/h2-5,9H,6-8H2,1H3. The molecule has 0 radical (unpaired) electrons. The van der Waals surface area contributed by atoms with Gasteiger partial charge in [0.1, 0.15) is 17.1 Å². The van der Waals surface area contributed by atoms with Crippen molar-refractivity contribution in [3.8, 4) is 0 Å². The molecule has 22 heavy (non-hydrogen) atoms. The van der Waals surface area contributed by atoms with Gasteiger partial charge in [0, 0.05) is 11.6 Å². The predicted molar refractivity (Wildman–Crippen MR) is 92.5 cm³/mol. The third-order valence-electron chi connectivity index (χ3n) is 3.79. The van der Waals surface area contributed by atoms with Gasteiger partial charge in [-0.25, -0.2) is 9.98 Å².